The molecule has 1 aliphatic heterocycles. The highest BCUT2D eigenvalue weighted by Crippen LogP contribution is 2.27. The van der Waals surface area contributed by atoms with Crippen LogP contribution in [0.15, 0.2) is 42.5 Å². The summed E-state index contributed by atoms with van der Waals surface area (Å²) in [5.74, 6) is -0.140. The Morgan fingerprint density at radius 2 is 1.47 bits per heavy atom. The van der Waals surface area contributed by atoms with Gasteiger partial charge < -0.3 is 45.2 Å². The lowest BCUT2D eigenvalue weighted by molar-refractivity contribution is -0.312. The Morgan fingerprint density at radius 1 is 0.765 bits per heavy atom. The minimum Gasteiger partial charge on any atom is -0.508 e. The van der Waals surface area contributed by atoms with Gasteiger partial charge in [0.25, 0.3) is 0 Å². The number of hydrogen-bond donors (Lipinski definition) is 7. The third-order valence-corrected chi connectivity index (χ3v) is 6.15. The van der Waals surface area contributed by atoms with Crippen LogP contribution in [0.2, 0.25) is 0 Å². The Labute approximate surface area is 198 Å². The van der Waals surface area contributed by atoms with Gasteiger partial charge in [-0.1, -0.05) is 24.6 Å². The number of aromatic hydroxyl groups is 3. The van der Waals surface area contributed by atoms with Crippen molar-refractivity contribution in [3.05, 3.63) is 53.6 Å². The van der Waals surface area contributed by atoms with Crippen LogP contribution in [0.4, 0.5) is 0 Å². The Bertz CT molecular complexity index is 886. The molecule has 1 aliphatic rings. The topological polar surface area (TPSA) is 160 Å². The molecule has 1 saturated heterocycles. The molecule has 3 rings (SSSR count). The third kappa shape index (κ3) is 7.05. The van der Waals surface area contributed by atoms with E-state index in [1.165, 1.54) is 12.1 Å². The van der Waals surface area contributed by atoms with E-state index in [2.05, 4.69) is 0 Å². The van der Waals surface area contributed by atoms with Crippen molar-refractivity contribution in [3.8, 4) is 17.2 Å². The number of benzene rings is 2. The Hall–Kier alpha value is -2.40. The minimum absolute atomic E-state index is 0.157. The predicted molar refractivity (Wildman–Crippen MR) is 122 cm³/mol. The fraction of sp³-hybridized carbons (Fsp3) is 0.520. The first kappa shape index (κ1) is 26.2. The number of aryl methyl sites for hydroxylation is 2. The second-order valence-corrected chi connectivity index (χ2v) is 8.73. The lowest BCUT2D eigenvalue weighted by atomic mass is 9.98. The zero-order valence-corrected chi connectivity index (χ0v) is 18.9. The average molecular weight is 479 g/mol. The van der Waals surface area contributed by atoms with E-state index in [1.807, 2.05) is 12.1 Å². The SMILES string of the molecule is OC[C@H]1O[C@@H](O[C@H](CCCCc2ccc(O)c(O)c2)CCc2ccc(O)cc2)[C@H](O)[C@@H](O)[C@@H]1O. The molecule has 0 amide bonds. The highest BCUT2D eigenvalue weighted by molar-refractivity contribution is 5.40. The van der Waals surface area contributed by atoms with Crippen LogP contribution in [0.25, 0.3) is 0 Å². The molecule has 0 radical (unpaired) electrons. The van der Waals surface area contributed by atoms with Crippen LogP contribution in [0.3, 0.4) is 0 Å². The fourth-order valence-corrected chi connectivity index (χ4v) is 4.07. The molecule has 0 aliphatic carbocycles. The van der Waals surface area contributed by atoms with Gasteiger partial charge in [0.05, 0.1) is 12.7 Å². The van der Waals surface area contributed by atoms with Gasteiger partial charge in [0.15, 0.2) is 17.8 Å². The van der Waals surface area contributed by atoms with Gasteiger partial charge in [-0.25, -0.2) is 0 Å². The Morgan fingerprint density at radius 3 is 2.15 bits per heavy atom. The molecule has 7 N–H and O–H groups in total. The molecule has 0 spiro atoms. The van der Waals surface area contributed by atoms with Crippen molar-refractivity contribution in [1.29, 1.82) is 0 Å². The van der Waals surface area contributed by atoms with Crippen molar-refractivity contribution in [2.75, 3.05) is 6.61 Å². The Kier molecular flexibility index (Phi) is 9.52. The molecule has 1 heterocycles. The van der Waals surface area contributed by atoms with E-state index in [0.717, 1.165) is 24.0 Å². The van der Waals surface area contributed by atoms with Crippen molar-refractivity contribution in [2.24, 2.45) is 0 Å². The number of unbranched alkanes of at least 4 members (excludes halogenated alkanes) is 1. The van der Waals surface area contributed by atoms with Crippen LogP contribution in [0.1, 0.15) is 36.8 Å². The second kappa shape index (κ2) is 12.3. The van der Waals surface area contributed by atoms with E-state index in [-0.39, 0.29) is 23.4 Å². The normalized spacial score (nSPS) is 25.8. The number of aliphatic hydroxyl groups excluding tert-OH is 4. The van der Waals surface area contributed by atoms with Crippen molar-refractivity contribution in [1.82, 2.24) is 0 Å². The number of hydrogen-bond acceptors (Lipinski definition) is 9. The summed E-state index contributed by atoms with van der Waals surface area (Å²) in [7, 11) is 0. The highest BCUT2D eigenvalue weighted by atomic mass is 16.7. The molecule has 0 saturated carbocycles. The van der Waals surface area contributed by atoms with Crippen LogP contribution in [0.5, 0.6) is 17.2 Å². The van der Waals surface area contributed by atoms with Crippen molar-refractivity contribution >= 4 is 0 Å². The van der Waals surface area contributed by atoms with Crippen LogP contribution < -0.4 is 0 Å². The molecule has 1 fully saturated rings. The molecule has 9 heteroatoms. The largest absolute Gasteiger partial charge is 0.508 e. The quantitative estimate of drug-likeness (QED) is 0.187. The van der Waals surface area contributed by atoms with E-state index < -0.39 is 37.3 Å². The van der Waals surface area contributed by atoms with Crippen LogP contribution in [-0.4, -0.2) is 79.2 Å². The van der Waals surface area contributed by atoms with E-state index in [9.17, 15) is 35.7 Å². The van der Waals surface area contributed by atoms with Gasteiger partial charge in [0.2, 0.25) is 0 Å². The first-order chi connectivity index (χ1) is 16.3. The standard InChI is InChI=1S/C25H34O9/c26-14-21-22(30)23(31)24(32)25(34-21)33-18(11-7-15-5-9-17(27)10-6-15)4-2-1-3-16-8-12-19(28)20(29)13-16/h5-6,8-10,12-13,18,21-32H,1-4,7,11,14H2/t18-,21-,22-,23+,24-,25-/m1/s1. The summed E-state index contributed by atoms with van der Waals surface area (Å²) in [5.41, 5.74) is 1.89. The maximum Gasteiger partial charge on any atom is 0.186 e. The predicted octanol–water partition coefficient (Wildman–Crippen LogP) is 1.33. The maximum atomic E-state index is 10.3. The minimum atomic E-state index is -1.50. The van der Waals surface area contributed by atoms with Gasteiger partial charge in [-0.05, 0) is 67.5 Å². The fourth-order valence-electron chi connectivity index (χ4n) is 4.07. The summed E-state index contributed by atoms with van der Waals surface area (Å²) in [4.78, 5) is 0. The summed E-state index contributed by atoms with van der Waals surface area (Å²) in [6.45, 7) is -0.525. The van der Waals surface area contributed by atoms with Crippen LogP contribution >= 0.6 is 0 Å². The van der Waals surface area contributed by atoms with E-state index in [1.54, 1.807) is 18.2 Å². The molecule has 34 heavy (non-hydrogen) atoms. The second-order valence-electron chi connectivity index (χ2n) is 8.73. The van der Waals surface area contributed by atoms with Crippen molar-refractivity contribution in [3.63, 3.8) is 0 Å². The third-order valence-electron chi connectivity index (χ3n) is 6.15. The summed E-state index contributed by atoms with van der Waals surface area (Å²) >= 11 is 0. The number of aliphatic hydroxyl groups is 4. The van der Waals surface area contributed by atoms with E-state index in [0.29, 0.717) is 25.7 Å². The number of phenolic OH excluding ortho intramolecular Hbond substituents is 3. The molecule has 0 unspecified atom stereocenters. The smallest absolute Gasteiger partial charge is 0.186 e. The number of phenols is 3. The van der Waals surface area contributed by atoms with Crippen LogP contribution in [-0.2, 0) is 22.3 Å². The number of rotatable bonds is 11. The van der Waals surface area contributed by atoms with Gasteiger partial charge in [-0.15, -0.1) is 0 Å². The van der Waals surface area contributed by atoms with Gasteiger partial charge in [0.1, 0.15) is 30.2 Å². The molecule has 188 valence electrons. The molecule has 6 atom stereocenters. The lowest BCUT2D eigenvalue weighted by Crippen LogP contribution is -2.59. The highest BCUT2D eigenvalue weighted by Gasteiger charge is 2.44. The molecule has 9 nitrogen and oxygen atoms in total. The van der Waals surface area contributed by atoms with Gasteiger partial charge in [-0.3, -0.25) is 0 Å². The molecule has 2 aromatic rings. The first-order valence-electron chi connectivity index (χ1n) is 11.5. The summed E-state index contributed by atoms with van der Waals surface area (Å²) < 4.78 is 11.5. The van der Waals surface area contributed by atoms with Crippen molar-refractivity contribution < 1.29 is 45.2 Å². The maximum absolute atomic E-state index is 10.3. The molecular weight excluding hydrogens is 444 g/mol. The van der Waals surface area contributed by atoms with Gasteiger partial charge in [-0.2, -0.15) is 0 Å². The lowest BCUT2D eigenvalue weighted by Gasteiger charge is -2.41. The first-order valence-corrected chi connectivity index (χ1v) is 11.5. The summed E-state index contributed by atoms with van der Waals surface area (Å²) in [6, 6.07) is 11.6. The Balaban J connectivity index is 1.59. The molecule has 2 aromatic carbocycles. The summed E-state index contributed by atoms with van der Waals surface area (Å²) in [6.07, 6.45) is -2.90. The molecule has 0 bridgehead atoms. The molecular formula is C25H34O9. The van der Waals surface area contributed by atoms with E-state index in [4.69, 9.17) is 9.47 Å². The van der Waals surface area contributed by atoms with Crippen molar-refractivity contribution in [2.45, 2.75) is 75.3 Å². The summed E-state index contributed by atoms with van der Waals surface area (Å²) in [5, 5.41) is 68.4. The average Bonchev–Trinajstić information content (AvgIpc) is 2.83. The van der Waals surface area contributed by atoms with Crippen LogP contribution in [0, 0.1) is 0 Å². The van der Waals surface area contributed by atoms with Gasteiger partial charge in [0, 0.05) is 0 Å². The van der Waals surface area contributed by atoms with E-state index >= 15 is 0 Å². The molecule has 0 aromatic heterocycles. The van der Waals surface area contributed by atoms with Gasteiger partial charge >= 0.3 is 0 Å². The number of ether oxygens (including phenoxy) is 2. The zero-order valence-electron chi connectivity index (χ0n) is 18.9. The zero-order chi connectivity index (χ0) is 24.7. The monoisotopic (exact) mass is 478 g/mol.